The monoisotopic (exact) mass is 372 g/mol. The largest absolute Gasteiger partial charge is 0.362 e. The van der Waals surface area contributed by atoms with Crippen LogP contribution in [0.5, 0.6) is 0 Å². The van der Waals surface area contributed by atoms with Gasteiger partial charge in [0.2, 0.25) is 0 Å². The Morgan fingerprint density at radius 2 is 1.92 bits per heavy atom. The van der Waals surface area contributed by atoms with Crippen molar-refractivity contribution in [1.29, 1.82) is 0 Å². The summed E-state index contributed by atoms with van der Waals surface area (Å²) in [6.07, 6.45) is 1.57. The Morgan fingerprint density at radius 1 is 1.19 bits per heavy atom. The number of hydrogen-bond donors (Lipinski definition) is 1. The van der Waals surface area contributed by atoms with E-state index in [1.165, 1.54) is 12.1 Å². The molecular weight excluding hydrogens is 352 g/mol. The Balaban J connectivity index is 1.75. The Kier molecular flexibility index (Phi) is 5.03. The summed E-state index contributed by atoms with van der Waals surface area (Å²) in [5.74, 6) is 0.227. The van der Waals surface area contributed by atoms with Gasteiger partial charge in [0, 0.05) is 31.4 Å². The summed E-state index contributed by atoms with van der Waals surface area (Å²) in [7, 11) is -1.93. The number of carbonyl (C=O) groups is 1. The van der Waals surface area contributed by atoms with Crippen LogP contribution in [0.15, 0.2) is 51.8 Å². The summed E-state index contributed by atoms with van der Waals surface area (Å²) < 4.78 is 28.8. The number of carbonyl (C=O) groups excluding carboxylic acids is 1. The number of aryl methyl sites for hydroxylation is 1. The SMILES string of the molecule is Cc1cccc(C(=O)Nc2ccc(S(=O)(=O)N=C3CCCN3C)cc2)n1. The van der Waals surface area contributed by atoms with Gasteiger partial charge in [-0.1, -0.05) is 6.07 Å². The molecule has 0 saturated carbocycles. The van der Waals surface area contributed by atoms with E-state index in [9.17, 15) is 13.2 Å². The molecule has 1 N–H and O–H groups in total. The van der Waals surface area contributed by atoms with Crippen LogP contribution in [0, 0.1) is 6.92 Å². The molecule has 0 radical (unpaired) electrons. The number of benzene rings is 1. The van der Waals surface area contributed by atoms with Gasteiger partial charge < -0.3 is 10.2 Å². The lowest BCUT2D eigenvalue weighted by Gasteiger charge is -2.11. The van der Waals surface area contributed by atoms with Crippen LogP contribution in [0.4, 0.5) is 5.69 Å². The van der Waals surface area contributed by atoms with Gasteiger partial charge in [-0.2, -0.15) is 8.42 Å². The van der Waals surface area contributed by atoms with E-state index in [0.29, 0.717) is 23.6 Å². The van der Waals surface area contributed by atoms with Crippen LogP contribution in [0.25, 0.3) is 0 Å². The van der Waals surface area contributed by atoms with Crippen LogP contribution in [-0.2, 0) is 10.0 Å². The summed E-state index contributed by atoms with van der Waals surface area (Å²) in [5, 5.41) is 2.70. The molecule has 7 nitrogen and oxygen atoms in total. The van der Waals surface area contributed by atoms with E-state index >= 15 is 0 Å². The molecule has 26 heavy (non-hydrogen) atoms. The number of amides is 1. The predicted molar refractivity (Wildman–Crippen MR) is 99.9 cm³/mol. The van der Waals surface area contributed by atoms with Gasteiger partial charge in [0.15, 0.2) is 0 Å². The van der Waals surface area contributed by atoms with Crippen molar-refractivity contribution in [3.05, 3.63) is 53.9 Å². The molecule has 1 aromatic heterocycles. The minimum Gasteiger partial charge on any atom is -0.362 e. The maximum absolute atomic E-state index is 12.4. The Labute approximate surface area is 152 Å². The lowest BCUT2D eigenvalue weighted by Crippen LogP contribution is -2.20. The Morgan fingerprint density at radius 3 is 2.54 bits per heavy atom. The second kappa shape index (κ2) is 7.25. The van der Waals surface area contributed by atoms with Crippen molar-refractivity contribution in [1.82, 2.24) is 9.88 Å². The van der Waals surface area contributed by atoms with Crippen LogP contribution >= 0.6 is 0 Å². The highest BCUT2D eigenvalue weighted by atomic mass is 32.2. The van der Waals surface area contributed by atoms with E-state index in [1.54, 1.807) is 37.3 Å². The third-order valence-electron chi connectivity index (χ3n) is 4.09. The maximum Gasteiger partial charge on any atom is 0.283 e. The van der Waals surface area contributed by atoms with Gasteiger partial charge >= 0.3 is 0 Å². The Hall–Kier alpha value is -2.74. The Bertz CT molecular complexity index is 953. The third kappa shape index (κ3) is 4.08. The quantitative estimate of drug-likeness (QED) is 0.890. The first kappa shape index (κ1) is 18.1. The number of anilines is 1. The van der Waals surface area contributed by atoms with Crippen LogP contribution < -0.4 is 5.32 Å². The number of amidine groups is 1. The molecule has 0 aliphatic carbocycles. The first-order valence-electron chi connectivity index (χ1n) is 8.25. The number of sulfonamides is 1. The summed E-state index contributed by atoms with van der Waals surface area (Å²) in [5.41, 5.74) is 1.54. The predicted octanol–water partition coefficient (Wildman–Crippen LogP) is 2.46. The zero-order chi connectivity index (χ0) is 18.7. The molecule has 1 amide bonds. The number of likely N-dealkylation sites (tertiary alicyclic amines) is 1. The molecule has 0 bridgehead atoms. The van der Waals surface area contributed by atoms with Gasteiger partial charge in [-0.25, -0.2) is 4.98 Å². The van der Waals surface area contributed by atoms with Crippen molar-refractivity contribution >= 4 is 27.5 Å². The van der Waals surface area contributed by atoms with Crippen LogP contribution in [0.1, 0.15) is 29.0 Å². The lowest BCUT2D eigenvalue weighted by atomic mass is 10.2. The van der Waals surface area contributed by atoms with Gasteiger partial charge in [0.1, 0.15) is 11.5 Å². The highest BCUT2D eigenvalue weighted by Gasteiger charge is 2.20. The first-order valence-corrected chi connectivity index (χ1v) is 9.69. The van der Waals surface area contributed by atoms with Crippen molar-refractivity contribution in [2.24, 2.45) is 4.40 Å². The van der Waals surface area contributed by atoms with E-state index in [-0.39, 0.29) is 10.8 Å². The molecule has 1 aromatic carbocycles. The van der Waals surface area contributed by atoms with Crippen LogP contribution in [0.2, 0.25) is 0 Å². The number of nitrogens with one attached hydrogen (secondary N) is 1. The highest BCUT2D eigenvalue weighted by molar-refractivity contribution is 7.90. The molecule has 1 saturated heterocycles. The van der Waals surface area contributed by atoms with E-state index in [4.69, 9.17) is 0 Å². The zero-order valence-electron chi connectivity index (χ0n) is 14.6. The van der Waals surface area contributed by atoms with Gasteiger partial charge in [-0.3, -0.25) is 4.79 Å². The molecule has 0 atom stereocenters. The standard InChI is InChI=1S/C18H20N4O3S/c1-13-5-3-6-16(19-13)18(23)20-14-8-10-15(11-9-14)26(24,25)21-17-7-4-12-22(17)2/h3,5-6,8-11H,4,7,12H2,1-2H3,(H,20,23). The van der Waals surface area contributed by atoms with Crippen molar-refractivity contribution < 1.29 is 13.2 Å². The van der Waals surface area contributed by atoms with E-state index in [2.05, 4.69) is 14.7 Å². The zero-order valence-corrected chi connectivity index (χ0v) is 15.5. The van der Waals surface area contributed by atoms with Crippen molar-refractivity contribution in [3.63, 3.8) is 0 Å². The van der Waals surface area contributed by atoms with Gasteiger partial charge in [0.05, 0.1) is 4.90 Å². The second-order valence-corrected chi connectivity index (χ2v) is 7.75. The summed E-state index contributed by atoms with van der Waals surface area (Å²) >= 11 is 0. The third-order valence-corrected chi connectivity index (χ3v) is 5.41. The fourth-order valence-electron chi connectivity index (χ4n) is 2.68. The van der Waals surface area contributed by atoms with E-state index < -0.39 is 10.0 Å². The lowest BCUT2D eigenvalue weighted by molar-refractivity contribution is 0.102. The molecule has 0 spiro atoms. The van der Waals surface area contributed by atoms with E-state index in [0.717, 1.165) is 18.7 Å². The van der Waals surface area contributed by atoms with Crippen LogP contribution in [-0.4, -0.2) is 43.6 Å². The van der Waals surface area contributed by atoms with Gasteiger partial charge in [0.25, 0.3) is 15.9 Å². The number of hydrogen-bond acceptors (Lipinski definition) is 4. The number of aromatic nitrogens is 1. The van der Waals surface area contributed by atoms with Crippen molar-refractivity contribution in [2.45, 2.75) is 24.7 Å². The van der Waals surface area contributed by atoms with Crippen molar-refractivity contribution in [2.75, 3.05) is 18.9 Å². The average Bonchev–Trinajstić information content (AvgIpc) is 2.99. The van der Waals surface area contributed by atoms with E-state index in [1.807, 2.05) is 11.9 Å². The maximum atomic E-state index is 12.4. The minimum atomic E-state index is -3.76. The van der Waals surface area contributed by atoms with Gasteiger partial charge in [-0.05, 0) is 49.7 Å². The topological polar surface area (TPSA) is 91.7 Å². The number of pyridine rings is 1. The average molecular weight is 372 g/mol. The van der Waals surface area contributed by atoms with Gasteiger partial charge in [-0.15, -0.1) is 4.40 Å². The molecule has 1 aliphatic rings. The van der Waals surface area contributed by atoms with Crippen LogP contribution in [0.3, 0.4) is 0 Å². The minimum absolute atomic E-state index is 0.0944. The summed E-state index contributed by atoms with van der Waals surface area (Å²) in [6.45, 7) is 2.62. The fourth-order valence-corrected chi connectivity index (χ4v) is 3.77. The first-order chi connectivity index (χ1) is 12.3. The molecule has 3 rings (SSSR count). The summed E-state index contributed by atoms with van der Waals surface area (Å²) in [6, 6.07) is 11.1. The molecule has 1 fully saturated rings. The highest BCUT2D eigenvalue weighted by Crippen LogP contribution is 2.19. The molecule has 8 heteroatoms. The molecule has 2 aromatic rings. The summed E-state index contributed by atoms with van der Waals surface area (Å²) in [4.78, 5) is 18.3. The molecule has 2 heterocycles. The number of nitrogens with zero attached hydrogens (tertiary/aromatic N) is 3. The molecule has 0 unspecified atom stereocenters. The van der Waals surface area contributed by atoms with Crippen molar-refractivity contribution in [3.8, 4) is 0 Å². The second-order valence-electron chi connectivity index (χ2n) is 6.15. The smallest absolute Gasteiger partial charge is 0.283 e. The normalized spacial score (nSPS) is 16.1. The number of rotatable bonds is 4. The molecular formula is C18H20N4O3S. The fraction of sp³-hybridized carbons (Fsp3) is 0.278. The molecule has 1 aliphatic heterocycles. The molecule has 136 valence electrons.